The minimum absolute atomic E-state index is 0.279. The molecule has 0 aliphatic carbocycles. The van der Waals surface area contributed by atoms with Crippen molar-refractivity contribution in [3.05, 3.63) is 0 Å². The number of thioether (sulfide) groups is 1. The number of aliphatic hydroxyl groups excluding tert-OH is 1. The number of ketones is 1. The lowest BCUT2D eigenvalue weighted by atomic mass is 10.2. The average molecular weight is 190 g/mol. The fraction of sp³-hybridized carbons (Fsp3) is 0.889. The van der Waals surface area contributed by atoms with Crippen molar-refractivity contribution in [3.8, 4) is 0 Å². The Morgan fingerprint density at radius 2 is 2.00 bits per heavy atom. The van der Waals surface area contributed by atoms with Crippen LogP contribution in [0.2, 0.25) is 0 Å². The molecule has 0 saturated carbocycles. The zero-order valence-corrected chi connectivity index (χ0v) is 8.53. The summed E-state index contributed by atoms with van der Waals surface area (Å²) in [5.74, 6) is 2.42. The molecule has 2 nitrogen and oxygen atoms in total. The summed E-state index contributed by atoms with van der Waals surface area (Å²) in [6.45, 7) is 2.18. The standard InChI is InChI=1S/C9H18O2S/c1-2-9(11)5-3-7-12-8-4-6-10/h10H,2-8H2,1H3. The van der Waals surface area contributed by atoms with Gasteiger partial charge in [0.2, 0.25) is 0 Å². The zero-order chi connectivity index (χ0) is 9.23. The van der Waals surface area contributed by atoms with Crippen LogP contribution < -0.4 is 0 Å². The maximum Gasteiger partial charge on any atom is 0.132 e. The van der Waals surface area contributed by atoms with Crippen LogP contribution in [0.15, 0.2) is 0 Å². The second-order valence-electron chi connectivity index (χ2n) is 2.69. The third-order valence-corrected chi connectivity index (χ3v) is 2.74. The molecule has 0 radical (unpaired) electrons. The molecule has 72 valence electrons. The number of hydrogen-bond donors (Lipinski definition) is 1. The monoisotopic (exact) mass is 190 g/mol. The van der Waals surface area contributed by atoms with Gasteiger partial charge in [-0.25, -0.2) is 0 Å². The Balaban J connectivity index is 2.95. The van der Waals surface area contributed by atoms with Crippen molar-refractivity contribution in [3.63, 3.8) is 0 Å². The molecule has 3 heteroatoms. The molecule has 0 aliphatic heterocycles. The van der Waals surface area contributed by atoms with Crippen molar-refractivity contribution in [2.45, 2.75) is 32.6 Å². The van der Waals surface area contributed by atoms with Crippen molar-refractivity contribution >= 4 is 17.5 Å². The Morgan fingerprint density at radius 1 is 1.33 bits per heavy atom. The molecule has 12 heavy (non-hydrogen) atoms. The fourth-order valence-corrected chi connectivity index (χ4v) is 1.70. The first-order valence-corrected chi connectivity index (χ1v) is 5.67. The van der Waals surface area contributed by atoms with Gasteiger partial charge in [0.25, 0.3) is 0 Å². The summed E-state index contributed by atoms with van der Waals surface area (Å²) in [6.07, 6.45) is 3.25. The van der Waals surface area contributed by atoms with Gasteiger partial charge in [0.1, 0.15) is 5.78 Å². The first-order chi connectivity index (χ1) is 5.81. The molecule has 0 fully saturated rings. The molecule has 0 aliphatic rings. The first kappa shape index (κ1) is 12.0. The zero-order valence-electron chi connectivity index (χ0n) is 7.71. The van der Waals surface area contributed by atoms with Gasteiger partial charge in [0.15, 0.2) is 0 Å². The van der Waals surface area contributed by atoms with E-state index >= 15 is 0 Å². The van der Waals surface area contributed by atoms with Crippen LogP contribution in [0.1, 0.15) is 32.6 Å². The molecule has 0 bridgehead atoms. The molecule has 1 N–H and O–H groups in total. The average Bonchev–Trinajstić information content (AvgIpc) is 2.10. The molecule has 0 aromatic carbocycles. The van der Waals surface area contributed by atoms with E-state index < -0.39 is 0 Å². The molecule has 0 aromatic heterocycles. The molecular formula is C9H18O2S. The lowest BCUT2D eigenvalue weighted by Crippen LogP contribution is -1.96. The van der Waals surface area contributed by atoms with Crippen LogP contribution >= 0.6 is 11.8 Å². The largest absolute Gasteiger partial charge is 0.396 e. The van der Waals surface area contributed by atoms with Crippen molar-refractivity contribution in [1.29, 1.82) is 0 Å². The smallest absolute Gasteiger partial charge is 0.132 e. The second-order valence-corrected chi connectivity index (χ2v) is 3.91. The van der Waals surface area contributed by atoms with E-state index in [1.54, 1.807) is 0 Å². The Morgan fingerprint density at radius 3 is 2.58 bits per heavy atom. The van der Waals surface area contributed by atoms with E-state index in [4.69, 9.17) is 5.11 Å². The number of Topliss-reactive ketones (excluding diaryl/α,β-unsaturated/α-hetero) is 1. The van der Waals surface area contributed by atoms with Gasteiger partial charge in [-0.3, -0.25) is 4.79 Å². The van der Waals surface area contributed by atoms with E-state index in [1.165, 1.54) is 0 Å². The van der Waals surface area contributed by atoms with Gasteiger partial charge in [0.05, 0.1) is 0 Å². The molecular weight excluding hydrogens is 172 g/mol. The van der Waals surface area contributed by atoms with Crippen LogP contribution in [0.3, 0.4) is 0 Å². The molecule has 0 rings (SSSR count). The minimum atomic E-state index is 0.279. The molecule has 0 saturated heterocycles. The molecule has 0 spiro atoms. The summed E-state index contributed by atoms with van der Waals surface area (Å²) in [7, 11) is 0. The molecule has 0 amide bonds. The maximum absolute atomic E-state index is 10.9. The van der Waals surface area contributed by atoms with Crippen LogP contribution in [0.5, 0.6) is 0 Å². The van der Waals surface area contributed by atoms with Crippen molar-refractivity contribution in [2.24, 2.45) is 0 Å². The number of hydrogen-bond acceptors (Lipinski definition) is 3. The van der Waals surface area contributed by atoms with Crippen LogP contribution in [-0.4, -0.2) is 29.0 Å². The summed E-state index contributed by atoms with van der Waals surface area (Å²) >= 11 is 1.82. The number of carbonyl (C=O) groups excluding carboxylic acids is 1. The molecule has 0 heterocycles. The van der Waals surface area contributed by atoms with Crippen LogP contribution in [0, 0.1) is 0 Å². The number of aliphatic hydroxyl groups is 1. The van der Waals surface area contributed by atoms with Gasteiger partial charge in [0, 0.05) is 19.4 Å². The van der Waals surface area contributed by atoms with Gasteiger partial charge in [-0.1, -0.05) is 6.92 Å². The number of carbonyl (C=O) groups is 1. The third-order valence-electron chi connectivity index (χ3n) is 1.59. The van der Waals surface area contributed by atoms with Crippen LogP contribution in [0.4, 0.5) is 0 Å². The quantitative estimate of drug-likeness (QED) is 0.594. The van der Waals surface area contributed by atoms with Crippen LogP contribution in [0.25, 0.3) is 0 Å². The fourth-order valence-electron chi connectivity index (χ4n) is 0.817. The first-order valence-electron chi connectivity index (χ1n) is 4.51. The molecule has 0 unspecified atom stereocenters. The highest BCUT2D eigenvalue weighted by molar-refractivity contribution is 7.99. The summed E-state index contributed by atoms with van der Waals surface area (Å²) in [5.41, 5.74) is 0. The molecule has 0 aromatic rings. The van der Waals surface area contributed by atoms with Gasteiger partial charge >= 0.3 is 0 Å². The van der Waals surface area contributed by atoms with Crippen molar-refractivity contribution in [1.82, 2.24) is 0 Å². The lowest BCUT2D eigenvalue weighted by Gasteiger charge is -1.98. The third kappa shape index (κ3) is 8.08. The highest BCUT2D eigenvalue weighted by Gasteiger charge is 1.97. The normalized spacial score (nSPS) is 10.2. The van der Waals surface area contributed by atoms with Crippen molar-refractivity contribution in [2.75, 3.05) is 18.1 Å². The van der Waals surface area contributed by atoms with E-state index in [9.17, 15) is 4.79 Å². The Hall–Kier alpha value is -0.0200. The predicted octanol–water partition coefficient (Wildman–Crippen LogP) is 1.86. The summed E-state index contributed by atoms with van der Waals surface area (Å²) in [4.78, 5) is 10.9. The summed E-state index contributed by atoms with van der Waals surface area (Å²) in [6, 6.07) is 0. The van der Waals surface area contributed by atoms with Gasteiger partial charge in [-0.2, -0.15) is 11.8 Å². The minimum Gasteiger partial charge on any atom is -0.396 e. The van der Waals surface area contributed by atoms with E-state index in [-0.39, 0.29) is 6.61 Å². The van der Waals surface area contributed by atoms with Gasteiger partial charge < -0.3 is 5.11 Å². The van der Waals surface area contributed by atoms with E-state index in [1.807, 2.05) is 18.7 Å². The second kappa shape index (κ2) is 9.07. The Labute approximate surface area is 78.7 Å². The SMILES string of the molecule is CCC(=O)CCCSCCCO. The number of rotatable bonds is 8. The highest BCUT2D eigenvalue weighted by atomic mass is 32.2. The van der Waals surface area contributed by atoms with Crippen LogP contribution in [-0.2, 0) is 4.79 Å². The Bertz CT molecular complexity index is 115. The van der Waals surface area contributed by atoms with E-state index in [2.05, 4.69) is 0 Å². The highest BCUT2D eigenvalue weighted by Crippen LogP contribution is 2.06. The lowest BCUT2D eigenvalue weighted by molar-refractivity contribution is -0.118. The van der Waals surface area contributed by atoms with Gasteiger partial charge in [-0.05, 0) is 24.3 Å². The summed E-state index contributed by atoms with van der Waals surface area (Å²) in [5, 5.41) is 8.48. The predicted molar refractivity (Wildman–Crippen MR) is 53.6 cm³/mol. The molecule has 0 atom stereocenters. The van der Waals surface area contributed by atoms with E-state index in [0.29, 0.717) is 12.2 Å². The Kier molecular flexibility index (Phi) is 9.06. The maximum atomic E-state index is 10.9. The summed E-state index contributed by atoms with van der Waals surface area (Å²) < 4.78 is 0. The van der Waals surface area contributed by atoms with Gasteiger partial charge in [-0.15, -0.1) is 0 Å². The topological polar surface area (TPSA) is 37.3 Å². The van der Waals surface area contributed by atoms with Crippen molar-refractivity contribution < 1.29 is 9.90 Å². The van der Waals surface area contributed by atoms with E-state index in [0.717, 1.165) is 30.8 Å².